The van der Waals surface area contributed by atoms with E-state index >= 15 is 0 Å². The van der Waals surface area contributed by atoms with E-state index in [0.29, 0.717) is 6.04 Å². The third kappa shape index (κ3) is 1.93. The Balaban J connectivity index is 1.70. The molecule has 1 heteroatoms. The summed E-state index contributed by atoms with van der Waals surface area (Å²) in [5.41, 5.74) is 4.40. The van der Waals surface area contributed by atoms with Gasteiger partial charge in [-0.3, -0.25) is 0 Å². The number of hydrogen-bond acceptors (Lipinski definition) is 1. The molecule has 0 bridgehead atoms. The molecule has 1 fully saturated rings. The zero-order valence-corrected chi connectivity index (χ0v) is 11.8. The molecule has 2 atom stereocenters. The van der Waals surface area contributed by atoms with Gasteiger partial charge in [-0.2, -0.15) is 0 Å². The van der Waals surface area contributed by atoms with E-state index in [1.54, 1.807) is 0 Å². The van der Waals surface area contributed by atoms with Crippen LogP contribution in [0.4, 0.5) is 5.69 Å². The Morgan fingerprint density at radius 3 is 2.80 bits per heavy atom. The van der Waals surface area contributed by atoms with Crippen LogP contribution < -0.4 is 4.90 Å². The zero-order chi connectivity index (χ0) is 13.4. The lowest BCUT2D eigenvalue weighted by molar-refractivity contribution is 0.385. The molecule has 20 heavy (non-hydrogen) atoms. The van der Waals surface area contributed by atoms with Crippen molar-refractivity contribution in [1.29, 1.82) is 0 Å². The standard InChI is InChI=1S/C19H20N/c1-2-8-15(9-3-1)14-20-18-12-6-4-10-16(18)17-11-5-7-13-19(17)20/h1-3,7-9,11,13,16,18H,4,6,10,12,14H2. The molecule has 1 nitrogen and oxygen atoms in total. The van der Waals surface area contributed by atoms with Crippen LogP contribution in [0.5, 0.6) is 0 Å². The summed E-state index contributed by atoms with van der Waals surface area (Å²) in [7, 11) is 0. The smallest absolute Gasteiger partial charge is 0.0432 e. The van der Waals surface area contributed by atoms with E-state index in [9.17, 15) is 0 Å². The van der Waals surface area contributed by atoms with Gasteiger partial charge in [-0.15, -0.1) is 0 Å². The van der Waals surface area contributed by atoms with Crippen LogP contribution in [0.3, 0.4) is 0 Å². The topological polar surface area (TPSA) is 3.24 Å². The number of nitrogens with zero attached hydrogens (tertiary/aromatic N) is 1. The molecule has 1 radical (unpaired) electrons. The predicted molar refractivity (Wildman–Crippen MR) is 82.9 cm³/mol. The van der Waals surface area contributed by atoms with Crippen LogP contribution in [0.2, 0.25) is 0 Å². The van der Waals surface area contributed by atoms with Crippen molar-refractivity contribution in [2.24, 2.45) is 0 Å². The first-order chi connectivity index (χ1) is 9.93. The summed E-state index contributed by atoms with van der Waals surface area (Å²) in [5.74, 6) is 0.736. The number of fused-ring (bicyclic) bond motifs is 3. The lowest BCUT2D eigenvalue weighted by atomic mass is 9.82. The molecule has 1 saturated carbocycles. The maximum Gasteiger partial charge on any atom is 0.0432 e. The van der Waals surface area contributed by atoms with Gasteiger partial charge >= 0.3 is 0 Å². The van der Waals surface area contributed by atoms with Gasteiger partial charge in [-0.1, -0.05) is 49.2 Å². The quantitative estimate of drug-likeness (QED) is 0.768. The molecule has 4 rings (SSSR count). The number of hydrogen-bond donors (Lipinski definition) is 0. The molecule has 1 heterocycles. The summed E-state index contributed by atoms with van der Waals surface area (Å²) in [4.78, 5) is 2.64. The van der Waals surface area contributed by atoms with Crippen molar-refractivity contribution < 1.29 is 0 Å². The molecule has 1 aliphatic carbocycles. The van der Waals surface area contributed by atoms with Gasteiger partial charge in [0, 0.05) is 24.2 Å². The first-order valence-electron chi connectivity index (χ1n) is 7.74. The van der Waals surface area contributed by atoms with Crippen LogP contribution in [-0.2, 0) is 6.54 Å². The van der Waals surface area contributed by atoms with Crippen molar-refractivity contribution in [1.82, 2.24) is 0 Å². The molecule has 2 aromatic rings. The molecule has 101 valence electrons. The van der Waals surface area contributed by atoms with Gasteiger partial charge in [0.1, 0.15) is 0 Å². The van der Waals surface area contributed by atoms with E-state index < -0.39 is 0 Å². The minimum atomic E-state index is 0.703. The van der Waals surface area contributed by atoms with Gasteiger partial charge in [0.15, 0.2) is 0 Å². The van der Waals surface area contributed by atoms with Crippen molar-refractivity contribution in [3.8, 4) is 0 Å². The van der Waals surface area contributed by atoms with E-state index in [-0.39, 0.29) is 0 Å². The Hall–Kier alpha value is -1.76. The third-order valence-electron chi connectivity index (χ3n) is 4.91. The van der Waals surface area contributed by atoms with Crippen LogP contribution in [0.15, 0.2) is 48.5 Å². The summed E-state index contributed by atoms with van der Waals surface area (Å²) in [6.07, 6.45) is 5.45. The van der Waals surface area contributed by atoms with Crippen LogP contribution in [0.1, 0.15) is 42.7 Å². The zero-order valence-electron chi connectivity index (χ0n) is 11.8. The molecule has 2 aromatic carbocycles. The highest BCUT2D eigenvalue weighted by molar-refractivity contribution is 5.62. The monoisotopic (exact) mass is 262 g/mol. The molecule has 0 N–H and O–H groups in total. The normalized spacial score (nSPS) is 24.3. The highest BCUT2D eigenvalue weighted by Gasteiger charge is 2.39. The second kappa shape index (κ2) is 4.97. The maximum absolute atomic E-state index is 3.28. The van der Waals surface area contributed by atoms with Gasteiger partial charge in [0.05, 0.1) is 0 Å². The SMILES string of the molecule is [c]1ccc2c(c1)C1CCCCC1N2Cc1ccccc1. The number of benzene rings is 2. The summed E-state index contributed by atoms with van der Waals surface area (Å²) < 4.78 is 0. The molecule has 0 amide bonds. The van der Waals surface area contributed by atoms with Crippen molar-refractivity contribution in [3.05, 3.63) is 65.7 Å². The second-order valence-electron chi connectivity index (χ2n) is 6.06. The van der Waals surface area contributed by atoms with Crippen molar-refractivity contribution >= 4 is 5.69 Å². The lowest BCUT2D eigenvalue weighted by Gasteiger charge is -2.33. The lowest BCUT2D eigenvalue weighted by Crippen LogP contribution is -2.35. The third-order valence-corrected chi connectivity index (χ3v) is 4.91. The van der Waals surface area contributed by atoms with E-state index in [1.165, 1.54) is 42.5 Å². The molecule has 0 spiro atoms. The van der Waals surface area contributed by atoms with Gasteiger partial charge in [0.25, 0.3) is 0 Å². The fourth-order valence-electron chi connectivity index (χ4n) is 4.00. The predicted octanol–water partition coefficient (Wildman–Crippen LogP) is 4.53. The Bertz CT molecular complexity index is 590. The summed E-state index contributed by atoms with van der Waals surface area (Å²) in [6.45, 7) is 1.04. The number of anilines is 1. The Labute approximate surface area is 121 Å². The first kappa shape index (κ1) is 12.0. The fourth-order valence-corrected chi connectivity index (χ4v) is 4.00. The van der Waals surface area contributed by atoms with Gasteiger partial charge in [-0.25, -0.2) is 0 Å². The highest BCUT2D eigenvalue weighted by Crippen LogP contribution is 2.48. The minimum Gasteiger partial charge on any atom is -0.363 e. The van der Waals surface area contributed by atoms with Gasteiger partial charge in [0.2, 0.25) is 0 Å². The van der Waals surface area contributed by atoms with E-state index in [0.717, 1.165) is 12.5 Å². The van der Waals surface area contributed by atoms with E-state index in [2.05, 4.69) is 59.5 Å². The summed E-state index contributed by atoms with van der Waals surface area (Å²) in [6, 6.07) is 21.4. The largest absolute Gasteiger partial charge is 0.363 e. The van der Waals surface area contributed by atoms with Gasteiger partial charge in [-0.05, 0) is 42.2 Å². The van der Waals surface area contributed by atoms with Crippen LogP contribution in [-0.4, -0.2) is 6.04 Å². The number of rotatable bonds is 2. The Morgan fingerprint density at radius 2 is 1.90 bits per heavy atom. The van der Waals surface area contributed by atoms with E-state index in [4.69, 9.17) is 0 Å². The average molecular weight is 262 g/mol. The second-order valence-corrected chi connectivity index (χ2v) is 6.06. The molecule has 0 aromatic heterocycles. The van der Waals surface area contributed by atoms with Crippen molar-refractivity contribution in [3.63, 3.8) is 0 Å². The van der Waals surface area contributed by atoms with Gasteiger partial charge < -0.3 is 4.90 Å². The Kier molecular flexibility index (Phi) is 2.99. The molecular weight excluding hydrogens is 242 g/mol. The van der Waals surface area contributed by atoms with Crippen LogP contribution in [0, 0.1) is 6.07 Å². The molecular formula is C19H20N. The Morgan fingerprint density at radius 1 is 1.05 bits per heavy atom. The average Bonchev–Trinajstić information content (AvgIpc) is 2.84. The van der Waals surface area contributed by atoms with Crippen LogP contribution in [0.25, 0.3) is 0 Å². The van der Waals surface area contributed by atoms with E-state index in [1.807, 2.05) is 0 Å². The van der Waals surface area contributed by atoms with Crippen LogP contribution >= 0.6 is 0 Å². The minimum absolute atomic E-state index is 0.703. The van der Waals surface area contributed by atoms with Crippen molar-refractivity contribution in [2.75, 3.05) is 4.90 Å². The first-order valence-corrected chi connectivity index (χ1v) is 7.74. The highest BCUT2D eigenvalue weighted by atomic mass is 15.2. The maximum atomic E-state index is 3.28. The molecule has 2 unspecified atom stereocenters. The fraction of sp³-hybridized carbons (Fsp3) is 0.368. The molecule has 2 aliphatic rings. The molecule has 0 saturated heterocycles. The summed E-state index contributed by atoms with van der Waals surface area (Å²) in [5, 5.41) is 0. The summed E-state index contributed by atoms with van der Waals surface area (Å²) >= 11 is 0. The van der Waals surface area contributed by atoms with Crippen molar-refractivity contribution in [2.45, 2.75) is 44.2 Å². The molecule has 1 aliphatic heterocycles.